The fourth-order valence-electron chi connectivity index (χ4n) is 1.25. The summed E-state index contributed by atoms with van der Waals surface area (Å²) < 4.78 is 18.2. The molecule has 1 aromatic heterocycles. The van der Waals surface area contributed by atoms with Gasteiger partial charge >= 0.3 is 6.01 Å². The summed E-state index contributed by atoms with van der Waals surface area (Å²) in [7, 11) is 0. The largest absolute Gasteiger partial charge is 0.408 e. The topological polar surface area (TPSA) is 94.0 Å². The molecule has 0 bridgehead atoms. The predicted octanol–water partition coefficient (Wildman–Crippen LogP) is 1.83. The summed E-state index contributed by atoms with van der Waals surface area (Å²) in [5.41, 5.74) is 5.44. The van der Waals surface area contributed by atoms with Gasteiger partial charge in [0.15, 0.2) is 0 Å². The zero-order valence-electron chi connectivity index (χ0n) is 10.0. The molecule has 0 spiro atoms. The van der Waals surface area contributed by atoms with E-state index < -0.39 is 5.82 Å². The minimum absolute atomic E-state index is 0.0478. The number of nitrogens with one attached hydrogen (secondary N) is 1. The fraction of sp³-hybridized carbons (Fsp3) is 0.182. The number of rotatable bonds is 4. The van der Waals surface area contributed by atoms with Crippen molar-refractivity contribution in [3.63, 3.8) is 0 Å². The van der Waals surface area contributed by atoms with Gasteiger partial charge in [-0.3, -0.25) is 10.1 Å². The third-order valence-corrected chi connectivity index (χ3v) is 3.11. The van der Waals surface area contributed by atoms with Crippen molar-refractivity contribution >= 4 is 29.4 Å². The molecule has 0 fully saturated rings. The van der Waals surface area contributed by atoms with E-state index in [9.17, 15) is 9.18 Å². The van der Waals surface area contributed by atoms with Crippen LogP contribution in [0.5, 0.6) is 0 Å². The summed E-state index contributed by atoms with van der Waals surface area (Å²) in [5.74, 6) is -0.350. The maximum Gasteiger partial charge on any atom is 0.322 e. The van der Waals surface area contributed by atoms with E-state index in [0.717, 1.165) is 0 Å². The van der Waals surface area contributed by atoms with E-state index >= 15 is 0 Å². The molecule has 3 N–H and O–H groups in total. The summed E-state index contributed by atoms with van der Waals surface area (Å²) in [5, 5.41) is 9.65. The standard InChI is InChI=1S/C11H11FN4O2S/c1-6-15-16-11(18-6)14-10(17)5-19-7-2-3-9(13)8(12)4-7/h2-4H,5,13H2,1H3,(H,14,16,17). The van der Waals surface area contributed by atoms with Gasteiger partial charge in [-0.15, -0.1) is 16.9 Å². The molecule has 2 rings (SSSR count). The van der Waals surface area contributed by atoms with E-state index in [1.807, 2.05) is 0 Å². The van der Waals surface area contributed by atoms with Gasteiger partial charge in [0.2, 0.25) is 11.8 Å². The quantitative estimate of drug-likeness (QED) is 0.656. The van der Waals surface area contributed by atoms with Gasteiger partial charge in [0.05, 0.1) is 11.4 Å². The van der Waals surface area contributed by atoms with Crippen LogP contribution in [0.2, 0.25) is 0 Å². The summed E-state index contributed by atoms with van der Waals surface area (Å²) in [6.45, 7) is 1.62. The Hall–Kier alpha value is -2.09. The maximum atomic E-state index is 13.2. The average Bonchev–Trinajstić information content (AvgIpc) is 2.76. The Morgan fingerprint density at radius 1 is 1.53 bits per heavy atom. The Labute approximate surface area is 112 Å². The van der Waals surface area contributed by atoms with Crippen LogP contribution in [0.15, 0.2) is 27.5 Å². The lowest BCUT2D eigenvalue weighted by Crippen LogP contribution is -2.14. The molecule has 6 nitrogen and oxygen atoms in total. The lowest BCUT2D eigenvalue weighted by Gasteiger charge is -2.03. The van der Waals surface area contributed by atoms with Crippen LogP contribution in [-0.4, -0.2) is 21.9 Å². The van der Waals surface area contributed by atoms with Crippen molar-refractivity contribution in [2.75, 3.05) is 16.8 Å². The monoisotopic (exact) mass is 282 g/mol. The van der Waals surface area contributed by atoms with Crippen molar-refractivity contribution < 1.29 is 13.6 Å². The van der Waals surface area contributed by atoms with Crippen molar-refractivity contribution in [1.29, 1.82) is 0 Å². The van der Waals surface area contributed by atoms with Crippen LogP contribution >= 0.6 is 11.8 Å². The smallest absolute Gasteiger partial charge is 0.322 e. The number of thioether (sulfide) groups is 1. The third-order valence-electron chi connectivity index (χ3n) is 2.11. The van der Waals surface area contributed by atoms with Gasteiger partial charge in [-0.25, -0.2) is 4.39 Å². The molecule has 1 aromatic carbocycles. The van der Waals surface area contributed by atoms with Gasteiger partial charge in [-0.05, 0) is 18.2 Å². The molecular formula is C11H11FN4O2S. The molecule has 100 valence electrons. The van der Waals surface area contributed by atoms with Crippen molar-refractivity contribution in [2.24, 2.45) is 0 Å². The van der Waals surface area contributed by atoms with Crippen LogP contribution < -0.4 is 11.1 Å². The highest BCUT2D eigenvalue weighted by Crippen LogP contribution is 2.22. The zero-order chi connectivity index (χ0) is 13.8. The molecule has 1 amide bonds. The summed E-state index contributed by atoms with van der Waals surface area (Å²) in [6.07, 6.45) is 0. The minimum atomic E-state index is -0.502. The van der Waals surface area contributed by atoms with E-state index in [1.54, 1.807) is 13.0 Å². The third kappa shape index (κ3) is 3.68. The number of aryl methyl sites for hydroxylation is 1. The normalized spacial score (nSPS) is 10.4. The highest BCUT2D eigenvalue weighted by atomic mass is 32.2. The maximum absolute atomic E-state index is 13.2. The Bertz CT molecular complexity index is 602. The number of nitrogens with zero attached hydrogens (tertiary/aromatic N) is 2. The highest BCUT2D eigenvalue weighted by Gasteiger charge is 2.09. The van der Waals surface area contributed by atoms with Crippen LogP contribution in [-0.2, 0) is 4.79 Å². The number of hydrogen-bond donors (Lipinski definition) is 2. The zero-order valence-corrected chi connectivity index (χ0v) is 10.8. The van der Waals surface area contributed by atoms with Gasteiger partial charge < -0.3 is 10.2 Å². The average molecular weight is 282 g/mol. The lowest BCUT2D eigenvalue weighted by molar-refractivity contribution is -0.113. The number of halogens is 1. The molecule has 0 saturated heterocycles. The first-order chi connectivity index (χ1) is 9.04. The number of aromatic nitrogens is 2. The molecule has 19 heavy (non-hydrogen) atoms. The first kappa shape index (κ1) is 13.3. The van der Waals surface area contributed by atoms with E-state index in [0.29, 0.717) is 10.8 Å². The second-order valence-corrected chi connectivity index (χ2v) is 4.70. The second kappa shape index (κ2) is 5.70. The van der Waals surface area contributed by atoms with Crippen LogP contribution in [0, 0.1) is 12.7 Å². The number of amides is 1. The van der Waals surface area contributed by atoms with E-state index in [2.05, 4.69) is 15.5 Å². The molecule has 0 atom stereocenters. The Morgan fingerprint density at radius 3 is 2.95 bits per heavy atom. The first-order valence-electron chi connectivity index (χ1n) is 5.32. The number of anilines is 2. The predicted molar refractivity (Wildman–Crippen MR) is 69.2 cm³/mol. The Balaban J connectivity index is 1.88. The molecule has 0 aliphatic carbocycles. The van der Waals surface area contributed by atoms with Gasteiger partial charge in [0.25, 0.3) is 0 Å². The van der Waals surface area contributed by atoms with Crippen LogP contribution in [0.4, 0.5) is 16.1 Å². The summed E-state index contributed by atoms with van der Waals surface area (Å²) >= 11 is 1.18. The van der Waals surface area contributed by atoms with Crippen molar-refractivity contribution in [3.8, 4) is 0 Å². The molecule has 0 aliphatic rings. The van der Waals surface area contributed by atoms with Gasteiger partial charge in [-0.1, -0.05) is 5.10 Å². The number of nitrogens with two attached hydrogens (primary N) is 1. The van der Waals surface area contributed by atoms with Gasteiger partial charge in [-0.2, -0.15) is 0 Å². The van der Waals surface area contributed by atoms with E-state index in [4.69, 9.17) is 10.2 Å². The lowest BCUT2D eigenvalue weighted by atomic mass is 10.3. The second-order valence-electron chi connectivity index (χ2n) is 3.65. The molecule has 0 aliphatic heterocycles. The summed E-state index contributed by atoms with van der Waals surface area (Å²) in [4.78, 5) is 12.2. The number of benzene rings is 1. The summed E-state index contributed by atoms with van der Waals surface area (Å²) in [6, 6.07) is 4.43. The van der Waals surface area contributed by atoms with Crippen molar-refractivity contribution in [2.45, 2.75) is 11.8 Å². The molecule has 8 heteroatoms. The van der Waals surface area contributed by atoms with Gasteiger partial charge in [0, 0.05) is 11.8 Å². The minimum Gasteiger partial charge on any atom is -0.408 e. The Kier molecular flexibility index (Phi) is 4.00. The van der Waals surface area contributed by atoms with E-state index in [-0.39, 0.29) is 23.4 Å². The first-order valence-corrected chi connectivity index (χ1v) is 6.31. The molecule has 0 unspecified atom stereocenters. The Morgan fingerprint density at radius 2 is 2.32 bits per heavy atom. The SMILES string of the molecule is Cc1nnc(NC(=O)CSc2ccc(N)c(F)c2)o1. The molecule has 2 aromatic rings. The number of carbonyl (C=O) groups is 1. The number of nitrogen functional groups attached to an aromatic ring is 1. The fourth-order valence-corrected chi connectivity index (χ4v) is 1.97. The molecule has 0 saturated carbocycles. The van der Waals surface area contributed by atoms with Crippen molar-refractivity contribution in [1.82, 2.24) is 10.2 Å². The number of carbonyl (C=O) groups excluding carboxylic acids is 1. The molecule has 1 heterocycles. The van der Waals surface area contributed by atoms with Gasteiger partial charge in [0.1, 0.15) is 5.82 Å². The molecular weight excluding hydrogens is 271 g/mol. The van der Waals surface area contributed by atoms with Crippen molar-refractivity contribution in [3.05, 3.63) is 29.9 Å². The van der Waals surface area contributed by atoms with Crippen LogP contribution in [0.1, 0.15) is 5.89 Å². The van der Waals surface area contributed by atoms with E-state index in [1.165, 1.54) is 23.9 Å². The van der Waals surface area contributed by atoms with Crippen LogP contribution in [0.3, 0.4) is 0 Å². The number of hydrogen-bond acceptors (Lipinski definition) is 6. The molecule has 0 radical (unpaired) electrons. The highest BCUT2D eigenvalue weighted by molar-refractivity contribution is 8.00. The van der Waals surface area contributed by atoms with Crippen LogP contribution in [0.25, 0.3) is 0 Å².